The smallest absolute Gasteiger partial charge is 0.239 e. The Bertz CT molecular complexity index is 325. The van der Waals surface area contributed by atoms with Gasteiger partial charge in [-0.2, -0.15) is 0 Å². The van der Waals surface area contributed by atoms with E-state index in [2.05, 4.69) is 10.6 Å². The Hall–Kier alpha value is -1.14. The van der Waals surface area contributed by atoms with E-state index in [0.717, 1.165) is 12.8 Å². The van der Waals surface area contributed by atoms with Crippen LogP contribution in [0.2, 0.25) is 0 Å². The maximum absolute atomic E-state index is 12.1. The number of hydrogen-bond acceptors (Lipinski definition) is 4. The lowest BCUT2D eigenvalue weighted by molar-refractivity contribution is -0.137. The summed E-state index contributed by atoms with van der Waals surface area (Å²) in [6.45, 7) is 4.93. The Balaban J connectivity index is 1.60. The van der Waals surface area contributed by atoms with Gasteiger partial charge in [-0.05, 0) is 19.8 Å². The molecule has 6 heteroatoms. The Morgan fingerprint density at radius 1 is 1.32 bits per heavy atom. The van der Waals surface area contributed by atoms with E-state index in [9.17, 15) is 9.59 Å². The van der Waals surface area contributed by atoms with Gasteiger partial charge in [-0.3, -0.25) is 9.59 Å². The first-order valence-electron chi connectivity index (χ1n) is 7.06. The summed E-state index contributed by atoms with van der Waals surface area (Å²) in [5.74, 6) is 0.159. The van der Waals surface area contributed by atoms with Gasteiger partial charge in [0.1, 0.15) is 0 Å². The molecule has 1 heterocycles. The van der Waals surface area contributed by atoms with Crippen molar-refractivity contribution in [1.29, 1.82) is 0 Å². The van der Waals surface area contributed by atoms with Crippen molar-refractivity contribution in [2.75, 3.05) is 32.8 Å². The molecule has 2 amide bonds. The molecule has 1 unspecified atom stereocenters. The Kier molecular flexibility index (Phi) is 5.15. The van der Waals surface area contributed by atoms with E-state index in [1.807, 2.05) is 11.8 Å². The molecule has 2 N–H and O–H groups in total. The summed E-state index contributed by atoms with van der Waals surface area (Å²) in [5.41, 5.74) is 0. The SMILES string of the molecule is CC(NCCC(=O)NC1CC1)C(=O)N1CCOCC1. The van der Waals surface area contributed by atoms with Gasteiger partial charge in [0.05, 0.1) is 19.3 Å². The summed E-state index contributed by atoms with van der Waals surface area (Å²) in [6.07, 6.45) is 2.63. The van der Waals surface area contributed by atoms with Gasteiger partial charge in [0, 0.05) is 32.1 Å². The number of nitrogens with one attached hydrogen (secondary N) is 2. The Morgan fingerprint density at radius 3 is 2.63 bits per heavy atom. The highest BCUT2D eigenvalue weighted by molar-refractivity contribution is 5.81. The standard InChI is InChI=1S/C13H23N3O3/c1-10(13(18)16-6-8-19-9-7-16)14-5-4-12(17)15-11-2-3-11/h10-11,14H,2-9H2,1H3,(H,15,17). The summed E-state index contributed by atoms with van der Waals surface area (Å²) < 4.78 is 5.22. The summed E-state index contributed by atoms with van der Waals surface area (Å²) in [5, 5.41) is 6.04. The minimum atomic E-state index is -0.244. The van der Waals surface area contributed by atoms with Crippen LogP contribution >= 0.6 is 0 Å². The van der Waals surface area contributed by atoms with Crippen LogP contribution in [-0.4, -0.2) is 61.6 Å². The second-order valence-electron chi connectivity index (χ2n) is 5.21. The van der Waals surface area contributed by atoms with Crippen molar-refractivity contribution in [3.05, 3.63) is 0 Å². The van der Waals surface area contributed by atoms with E-state index in [-0.39, 0.29) is 17.9 Å². The zero-order valence-corrected chi connectivity index (χ0v) is 11.5. The van der Waals surface area contributed by atoms with Crippen LogP contribution in [0.4, 0.5) is 0 Å². The second-order valence-corrected chi connectivity index (χ2v) is 5.21. The first-order chi connectivity index (χ1) is 9.16. The molecule has 0 aromatic heterocycles. The molecule has 1 saturated heterocycles. The van der Waals surface area contributed by atoms with Crippen LogP contribution in [0.25, 0.3) is 0 Å². The molecule has 0 bridgehead atoms. The number of carbonyl (C=O) groups excluding carboxylic acids is 2. The van der Waals surface area contributed by atoms with Crippen molar-refractivity contribution >= 4 is 11.8 Å². The van der Waals surface area contributed by atoms with Gasteiger partial charge >= 0.3 is 0 Å². The van der Waals surface area contributed by atoms with Crippen molar-refractivity contribution in [3.8, 4) is 0 Å². The van der Waals surface area contributed by atoms with Crippen molar-refractivity contribution in [1.82, 2.24) is 15.5 Å². The third-order valence-electron chi connectivity index (χ3n) is 3.44. The number of carbonyl (C=O) groups is 2. The second kappa shape index (κ2) is 6.86. The Labute approximate surface area is 113 Å². The molecule has 1 aliphatic heterocycles. The van der Waals surface area contributed by atoms with Crippen LogP contribution in [0.15, 0.2) is 0 Å². The number of morpholine rings is 1. The van der Waals surface area contributed by atoms with Crippen LogP contribution in [0.1, 0.15) is 26.2 Å². The monoisotopic (exact) mass is 269 g/mol. The Morgan fingerprint density at radius 2 is 2.00 bits per heavy atom. The minimum Gasteiger partial charge on any atom is -0.378 e. The predicted octanol–water partition coefficient (Wildman–Crippen LogP) is -0.508. The quantitative estimate of drug-likeness (QED) is 0.681. The molecule has 6 nitrogen and oxygen atoms in total. The fraction of sp³-hybridized carbons (Fsp3) is 0.846. The van der Waals surface area contributed by atoms with Gasteiger partial charge in [-0.25, -0.2) is 0 Å². The normalized spacial score (nSPS) is 21.0. The van der Waals surface area contributed by atoms with Crippen molar-refractivity contribution in [2.45, 2.75) is 38.3 Å². The van der Waals surface area contributed by atoms with E-state index >= 15 is 0 Å². The number of nitrogens with zero attached hydrogens (tertiary/aromatic N) is 1. The molecule has 0 radical (unpaired) electrons. The van der Waals surface area contributed by atoms with Crippen LogP contribution in [-0.2, 0) is 14.3 Å². The lowest BCUT2D eigenvalue weighted by Crippen LogP contribution is -2.49. The molecular weight excluding hydrogens is 246 g/mol. The van der Waals surface area contributed by atoms with E-state index in [1.54, 1.807) is 0 Å². The van der Waals surface area contributed by atoms with E-state index in [0.29, 0.717) is 45.3 Å². The molecule has 0 aromatic carbocycles. The molecule has 2 rings (SSSR count). The number of hydrogen-bond donors (Lipinski definition) is 2. The van der Waals surface area contributed by atoms with Crippen LogP contribution in [0.3, 0.4) is 0 Å². The third kappa shape index (κ3) is 4.80. The number of ether oxygens (including phenoxy) is 1. The van der Waals surface area contributed by atoms with Crippen molar-refractivity contribution in [2.24, 2.45) is 0 Å². The third-order valence-corrected chi connectivity index (χ3v) is 3.44. The van der Waals surface area contributed by atoms with E-state index < -0.39 is 0 Å². The highest BCUT2D eigenvalue weighted by Crippen LogP contribution is 2.18. The summed E-state index contributed by atoms with van der Waals surface area (Å²) in [6, 6.07) is 0.159. The zero-order chi connectivity index (χ0) is 13.7. The highest BCUT2D eigenvalue weighted by Gasteiger charge is 2.24. The largest absolute Gasteiger partial charge is 0.378 e. The zero-order valence-electron chi connectivity index (χ0n) is 11.5. The highest BCUT2D eigenvalue weighted by atomic mass is 16.5. The molecule has 19 heavy (non-hydrogen) atoms. The first-order valence-corrected chi connectivity index (χ1v) is 7.06. The number of rotatable bonds is 6. The molecule has 108 valence electrons. The summed E-state index contributed by atoms with van der Waals surface area (Å²) in [7, 11) is 0. The molecule has 2 fully saturated rings. The van der Waals surface area contributed by atoms with Gasteiger partial charge in [0.15, 0.2) is 0 Å². The molecule has 1 aliphatic carbocycles. The van der Waals surface area contributed by atoms with Crippen LogP contribution in [0.5, 0.6) is 0 Å². The van der Waals surface area contributed by atoms with E-state index in [4.69, 9.17) is 4.74 Å². The maximum Gasteiger partial charge on any atom is 0.239 e. The maximum atomic E-state index is 12.1. The number of amides is 2. The average Bonchev–Trinajstić information content (AvgIpc) is 3.22. The molecular formula is C13H23N3O3. The molecule has 0 aromatic rings. The summed E-state index contributed by atoms with van der Waals surface area (Å²) in [4.78, 5) is 25.4. The molecule has 1 saturated carbocycles. The fourth-order valence-corrected chi connectivity index (χ4v) is 2.07. The fourth-order valence-electron chi connectivity index (χ4n) is 2.07. The van der Waals surface area contributed by atoms with Crippen LogP contribution < -0.4 is 10.6 Å². The average molecular weight is 269 g/mol. The molecule has 1 atom stereocenters. The first kappa shape index (κ1) is 14.3. The van der Waals surface area contributed by atoms with Gasteiger partial charge in [0.2, 0.25) is 11.8 Å². The van der Waals surface area contributed by atoms with Gasteiger partial charge in [-0.15, -0.1) is 0 Å². The topological polar surface area (TPSA) is 70.7 Å². The van der Waals surface area contributed by atoms with Crippen molar-refractivity contribution < 1.29 is 14.3 Å². The molecule has 0 spiro atoms. The van der Waals surface area contributed by atoms with Gasteiger partial charge in [0.25, 0.3) is 0 Å². The lowest BCUT2D eigenvalue weighted by atomic mass is 10.2. The molecule has 2 aliphatic rings. The van der Waals surface area contributed by atoms with Crippen molar-refractivity contribution in [3.63, 3.8) is 0 Å². The van der Waals surface area contributed by atoms with Gasteiger partial charge < -0.3 is 20.3 Å². The van der Waals surface area contributed by atoms with Gasteiger partial charge in [-0.1, -0.05) is 0 Å². The van der Waals surface area contributed by atoms with E-state index in [1.165, 1.54) is 0 Å². The van der Waals surface area contributed by atoms with Crippen LogP contribution in [0, 0.1) is 0 Å². The summed E-state index contributed by atoms with van der Waals surface area (Å²) >= 11 is 0. The minimum absolute atomic E-state index is 0.0704. The lowest BCUT2D eigenvalue weighted by Gasteiger charge is -2.29. The predicted molar refractivity (Wildman–Crippen MR) is 70.6 cm³/mol.